The fourth-order valence-corrected chi connectivity index (χ4v) is 2.69. The molecule has 1 aromatic heterocycles. The minimum atomic E-state index is -0.534. The number of aromatic nitrogens is 2. The highest BCUT2D eigenvalue weighted by atomic mass is 19.1. The number of benzene rings is 2. The maximum atomic E-state index is 13.1. The Morgan fingerprint density at radius 2 is 1.84 bits per heavy atom. The van der Waals surface area contributed by atoms with E-state index in [0.29, 0.717) is 12.1 Å². The average Bonchev–Trinajstić information content (AvgIpc) is 3.01. The number of aryl methyl sites for hydroxylation is 3. The maximum Gasteiger partial charge on any atom is 0.274 e. The lowest BCUT2D eigenvalue weighted by Crippen LogP contribution is -2.18. The Balaban J connectivity index is 1.75. The summed E-state index contributed by atoms with van der Waals surface area (Å²) in [6.45, 7) is 2.58. The summed E-state index contributed by atoms with van der Waals surface area (Å²) in [5.74, 6) is -0.800. The molecule has 1 heterocycles. The molecule has 0 aliphatic carbocycles. The van der Waals surface area contributed by atoms with E-state index in [1.54, 1.807) is 29.7 Å². The van der Waals surface area contributed by atoms with Gasteiger partial charge in [0.05, 0.1) is 11.4 Å². The lowest BCUT2D eigenvalue weighted by Gasteiger charge is -2.08. The monoisotopic (exact) mass is 339 g/mol. The van der Waals surface area contributed by atoms with Crippen molar-refractivity contribution in [3.63, 3.8) is 0 Å². The topological polar surface area (TPSA) is 67.2 Å². The Bertz CT molecular complexity index is 871. The van der Waals surface area contributed by atoms with E-state index in [1.807, 2.05) is 29.8 Å². The third-order valence-corrected chi connectivity index (χ3v) is 3.97. The van der Waals surface area contributed by atoms with Gasteiger partial charge in [0, 0.05) is 12.1 Å². The van der Waals surface area contributed by atoms with Gasteiger partial charge < -0.3 is 0 Å². The molecule has 0 saturated carbocycles. The summed E-state index contributed by atoms with van der Waals surface area (Å²) in [5.41, 5.74) is 5.81. The standard InChI is InChI=1S/C19H18FN3O2/c1-13-12-18(15-6-8-17(20)9-7-15)23(21-13)11-10-14-2-4-16(5-3-14)19(24)22-25/h2-9,12,25H,10-11H2,1H3,(H,22,24). The van der Waals surface area contributed by atoms with Crippen molar-refractivity contribution < 1.29 is 14.4 Å². The van der Waals surface area contributed by atoms with Crippen LogP contribution in [0.1, 0.15) is 21.6 Å². The first-order valence-corrected chi connectivity index (χ1v) is 7.90. The van der Waals surface area contributed by atoms with Crippen molar-refractivity contribution in [2.75, 3.05) is 0 Å². The van der Waals surface area contributed by atoms with Crippen molar-refractivity contribution in [2.45, 2.75) is 19.9 Å². The zero-order valence-electron chi connectivity index (χ0n) is 13.7. The van der Waals surface area contributed by atoms with Crippen LogP contribution >= 0.6 is 0 Å². The Hall–Kier alpha value is -2.99. The lowest BCUT2D eigenvalue weighted by molar-refractivity contribution is 0.0706. The summed E-state index contributed by atoms with van der Waals surface area (Å²) in [6, 6.07) is 15.3. The highest BCUT2D eigenvalue weighted by Crippen LogP contribution is 2.21. The molecule has 3 rings (SSSR count). The number of nitrogens with zero attached hydrogens (tertiary/aromatic N) is 2. The third-order valence-electron chi connectivity index (χ3n) is 3.97. The smallest absolute Gasteiger partial charge is 0.274 e. The van der Waals surface area contributed by atoms with Crippen LogP contribution in [0.2, 0.25) is 0 Å². The van der Waals surface area contributed by atoms with Gasteiger partial charge in [0.1, 0.15) is 5.82 Å². The molecule has 3 aromatic rings. The maximum absolute atomic E-state index is 13.1. The number of hydrogen-bond acceptors (Lipinski definition) is 3. The molecule has 5 nitrogen and oxygen atoms in total. The van der Waals surface area contributed by atoms with Gasteiger partial charge in [-0.2, -0.15) is 5.10 Å². The highest BCUT2D eigenvalue weighted by molar-refractivity contribution is 5.93. The van der Waals surface area contributed by atoms with Crippen molar-refractivity contribution in [2.24, 2.45) is 0 Å². The van der Waals surface area contributed by atoms with Gasteiger partial charge in [-0.3, -0.25) is 14.7 Å². The van der Waals surface area contributed by atoms with E-state index in [4.69, 9.17) is 5.21 Å². The molecule has 128 valence electrons. The molecule has 2 N–H and O–H groups in total. The number of hydrogen-bond donors (Lipinski definition) is 2. The second-order valence-electron chi connectivity index (χ2n) is 5.79. The number of carbonyl (C=O) groups excluding carboxylic acids is 1. The van der Waals surface area contributed by atoms with Gasteiger partial charge >= 0.3 is 0 Å². The number of amides is 1. The molecule has 1 amide bonds. The highest BCUT2D eigenvalue weighted by Gasteiger charge is 2.09. The summed E-state index contributed by atoms with van der Waals surface area (Å²) in [7, 11) is 0. The molecule has 2 aromatic carbocycles. The Morgan fingerprint density at radius 3 is 2.48 bits per heavy atom. The van der Waals surface area contributed by atoms with E-state index < -0.39 is 5.91 Å². The quantitative estimate of drug-likeness (QED) is 0.553. The van der Waals surface area contributed by atoms with Crippen molar-refractivity contribution in [1.29, 1.82) is 0 Å². The molecule has 0 saturated heterocycles. The van der Waals surface area contributed by atoms with Crippen LogP contribution in [-0.4, -0.2) is 20.9 Å². The number of nitrogens with one attached hydrogen (secondary N) is 1. The Kier molecular flexibility index (Phi) is 4.90. The van der Waals surface area contributed by atoms with Crippen LogP contribution in [0.5, 0.6) is 0 Å². The van der Waals surface area contributed by atoms with Gasteiger partial charge in [0.25, 0.3) is 5.91 Å². The van der Waals surface area contributed by atoms with Crippen LogP contribution in [-0.2, 0) is 13.0 Å². The predicted molar refractivity (Wildman–Crippen MR) is 91.8 cm³/mol. The first kappa shape index (κ1) is 16.9. The molecule has 0 bridgehead atoms. The largest absolute Gasteiger partial charge is 0.288 e. The van der Waals surface area contributed by atoms with E-state index in [0.717, 1.165) is 28.9 Å². The SMILES string of the molecule is Cc1cc(-c2ccc(F)cc2)n(CCc2ccc(C(=O)NO)cc2)n1. The zero-order valence-corrected chi connectivity index (χ0v) is 13.7. The van der Waals surface area contributed by atoms with Crippen LogP contribution in [0.4, 0.5) is 4.39 Å². The third kappa shape index (κ3) is 3.92. The first-order chi connectivity index (χ1) is 12.1. The number of carbonyl (C=O) groups is 1. The van der Waals surface area contributed by atoms with E-state index in [1.165, 1.54) is 12.1 Å². The normalized spacial score (nSPS) is 10.7. The first-order valence-electron chi connectivity index (χ1n) is 7.90. The lowest BCUT2D eigenvalue weighted by atomic mass is 10.1. The fourth-order valence-electron chi connectivity index (χ4n) is 2.69. The molecule has 0 radical (unpaired) electrons. The Morgan fingerprint density at radius 1 is 1.16 bits per heavy atom. The average molecular weight is 339 g/mol. The van der Waals surface area contributed by atoms with E-state index >= 15 is 0 Å². The van der Waals surface area contributed by atoms with E-state index in [-0.39, 0.29) is 5.82 Å². The van der Waals surface area contributed by atoms with Crippen LogP contribution in [0.3, 0.4) is 0 Å². The van der Waals surface area contributed by atoms with Gasteiger partial charge in [0.15, 0.2) is 0 Å². The summed E-state index contributed by atoms with van der Waals surface area (Å²) < 4.78 is 15.0. The molecule has 0 aliphatic heterocycles. The fraction of sp³-hybridized carbons (Fsp3) is 0.158. The van der Waals surface area contributed by atoms with Crippen molar-refractivity contribution in [1.82, 2.24) is 15.3 Å². The molecular weight excluding hydrogens is 321 g/mol. The van der Waals surface area contributed by atoms with Gasteiger partial charge in [0.2, 0.25) is 0 Å². The van der Waals surface area contributed by atoms with Gasteiger partial charge in [-0.15, -0.1) is 0 Å². The van der Waals surface area contributed by atoms with E-state index in [2.05, 4.69) is 5.10 Å². The predicted octanol–water partition coefficient (Wildman–Crippen LogP) is 3.36. The van der Waals surface area contributed by atoms with Crippen molar-refractivity contribution in [3.05, 3.63) is 77.2 Å². The Labute approximate surface area is 144 Å². The zero-order chi connectivity index (χ0) is 17.8. The molecule has 0 unspecified atom stereocenters. The van der Waals surface area contributed by atoms with Crippen LogP contribution in [0, 0.1) is 12.7 Å². The molecule has 0 spiro atoms. The van der Waals surface area contributed by atoms with E-state index in [9.17, 15) is 9.18 Å². The second kappa shape index (κ2) is 7.27. The van der Waals surface area contributed by atoms with Gasteiger partial charge in [-0.25, -0.2) is 9.87 Å². The summed E-state index contributed by atoms with van der Waals surface area (Å²) in [5, 5.41) is 13.1. The summed E-state index contributed by atoms with van der Waals surface area (Å²) in [6.07, 6.45) is 0.732. The molecule has 25 heavy (non-hydrogen) atoms. The number of hydroxylamine groups is 1. The van der Waals surface area contributed by atoms with Gasteiger partial charge in [-0.1, -0.05) is 12.1 Å². The second-order valence-corrected chi connectivity index (χ2v) is 5.79. The van der Waals surface area contributed by atoms with Crippen LogP contribution < -0.4 is 5.48 Å². The van der Waals surface area contributed by atoms with Crippen LogP contribution in [0.25, 0.3) is 11.3 Å². The number of rotatable bonds is 5. The molecule has 0 fully saturated rings. The number of halogens is 1. The molecule has 0 atom stereocenters. The van der Waals surface area contributed by atoms with Crippen molar-refractivity contribution >= 4 is 5.91 Å². The summed E-state index contributed by atoms with van der Waals surface area (Å²) in [4.78, 5) is 11.3. The van der Waals surface area contributed by atoms with Crippen LogP contribution in [0.15, 0.2) is 54.6 Å². The molecule has 0 aliphatic rings. The van der Waals surface area contributed by atoms with Gasteiger partial charge in [-0.05, 0) is 66.9 Å². The summed E-state index contributed by atoms with van der Waals surface area (Å²) >= 11 is 0. The molecular formula is C19H18FN3O2. The minimum Gasteiger partial charge on any atom is -0.288 e. The minimum absolute atomic E-state index is 0.265. The van der Waals surface area contributed by atoms with Crippen molar-refractivity contribution in [3.8, 4) is 11.3 Å². The molecule has 6 heteroatoms.